The van der Waals surface area contributed by atoms with Crippen molar-refractivity contribution >= 4 is 11.9 Å². The first-order valence-corrected chi connectivity index (χ1v) is 7.44. The molecule has 0 atom stereocenters. The molecule has 0 unspecified atom stereocenters. The molecule has 20 heavy (non-hydrogen) atoms. The van der Waals surface area contributed by atoms with Crippen LogP contribution >= 0.6 is 0 Å². The normalized spacial score (nSPS) is 22.1. The molecule has 0 spiro atoms. The Bertz CT molecular complexity index is 312. The van der Waals surface area contributed by atoms with Gasteiger partial charge in [-0.1, -0.05) is 0 Å². The smallest absolute Gasteiger partial charge is 0.316 e. The second-order valence-electron chi connectivity index (χ2n) is 5.80. The number of nitrogens with one attached hydrogen (secondary N) is 2. The highest BCUT2D eigenvalue weighted by molar-refractivity contribution is 5.76. The van der Waals surface area contributed by atoms with Crippen LogP contribution in [0.1, 0.15) is 32.1 Å². The molecule has 116 valence electrons. The van der Waals surface area contributed by atoms with Gasteiger partial charge in [0.25, 0.3) is 0 Å². The Morgan fingerprint density at radius 2 is 1.60 bits per heavy atom. The lowest BCUT2D eigenvalue weighted by atomic mass is 9.80. The van der Waals surface area contributed by atoms with E-state index in [4.69, 9.17) is 5.73 Å². The van der Waals surface area contributed by atoms with E-state index in [2.05, 4.69) is 10.6 Å². The SMILES string of the molecule is CN(C)C(=O)NCCNC(=O)CC1CCC(CN)CC1. The van der Waals surface area contributed by atoms with E-state index in [-0.39, 0.29) is 11.9 Å². The summed E-state index contributed by atoms with van der Waals surface area (Å²) in [6.07, 6.45) is 5.10. The second kappa shape index (κ2) is 8.79. The van der Waals surface area contributed by atoms with Crippen LogP contribution in [-0.2, 0) is 4.79 Å². The molecule has 0 aromatic rings. The van der Waals surface area contributed by atoms with Crippen LogP contribution in [0.2, 0.25) is 0 Å². The van der Waals surface area contributed by atoms with Gasteiger partial charge in [-0.25, -0.2) is 4.79 Å². The molecule has 0 bridgehead atoms. The number of nitrogens with two attached hydrogens (primary N) is 1. The molecule has 1 rings (SSSR count). The van der Waals surface area contributed by atoms with Crippen molar-refractivity contribution in [2.75, 3.05) is 33.7 Å². The minimum absolute atomic E-state index is 0.0836. The van der Waals surface area contributed by atoms with Gasteiger partial charge in [0.05, 0.1) is 0 Å². The van der Waals surface area contributed by atoms with E-state index >= 15 is 0 Å². The Labute approximate surface area is 121 Å². The Morgan fingerprint density at radius 1 is 1.05 bits per heavy atom. The van der Waals surface area contributed by atoms with E-state index in [9.17, 15) is 9.59 Å². The molecule has 0 aromatic carbocycles. The summed E-state index contributed by atoms with van der Waals surface area (Å²) in [6, 6.07) is -0.139. The molecule has 1 fully saturated rings. The number of hydrogen-bond donors (Lipinski definition) is 3. The average Bonchev–Trinajstić information content (AvgIpc) is 2.44. The highest BCUT2D eigenvalue weighted by Crippen LogP contribution is 2.29. The first-order chi connectivity index (χ1) is 9.52. The summed E-state index contributed by atoms with van der Waals surface area (Å²) in [6.45, 7) is 1.71. The number of nitrogens with zero attached hydrogens (tertiary/aromatic N) is 1. The lowest BCUT2D eigenvalue weighted by Gasteiger charge is -2.27. The largest absolute Gasteiger partial charge is 0.354 e. The number of carbonyl (C=O) groups is 2. The molecule has 0 radical (unpaired) electrons. The molecule has 6 nitrogen and oxygen atoms in total. The number of carbonyl (C=O) groups excluding carboxylic acids is 2. The van der Waals surface area contributed by atoms with Gasteiger partial charge in [0.1, 0.15) is 0 Å². The van der Waals surface area contributed by atoms with Gasteiger partial charge in [-0.05, 0) is 44.1 Å². The van der Waals surface area contributed by atoms with Gasteiger partial charge in [-0.15, -0.1) is 0 Å². The standard InChI is InChI=1S/C14H28N4O2/c1-18(2)14(20)17-8-7-16-13(19)9-11-3-5-12(10-15)6-4-11/h11-12H,3-10,15H2,1-2H3,(H,16,19)(H,17,20). The summed E-state index contributed by atoms with van der Waals surface area (Å²) in [7, 11) is 3.37. The monoisotopic (exact) mass is 284 g/mol. The van der Waals surface area contributed by atoms with Gasteiger partial charge >= 0.3 is 6.03 Å². The maximum Gasteiger partial charge on any atom is 0.316 e. The minimum Gasteiger partial charge on any atom is -0.354 e. The van der Waals surface area contributed by atoms with Crippen molar-refractivity contribution < 1.29 is 9.59 Å². The van der Waals surface area contributed by atoms with Crippen molar-refractivity contribution in [3.05, 3.63) is 0 Å². The summed E-state index contributed by atoms with van der Waals surface area (Å²) < 4.78 is 0. The topological polar surface area (TPSA) is 87.5 Å². The van der Waals surface area contributed by atoms with Gasteiger partial charge in [0.15, 0.2) is 0 Å². The minimum atomic E-state index is -0.139. The van der Waals surface area contributed by atoms with Crippen molar-refractivity contribution in [3.63, 3.8) is 0 Å². The molecule has 1 saturated carbocycles. The van der Waals surface area contributed by atoms with Gasteiger partial charge in [0, 0.05) is 33.6 Å². The summed E-state index contributed by atoms with van der Waals surface area (Å²) in [5.41, 5.74) is 5.66. The Balaban J connectivity index is 2.08. The van der Waals surface area contributed by atoms with Gasteiger partial charge < -0.3 is 21.3 Å². The summed E-state index contributed by atoms with van der Waals surface area (Å²) >= 11 is 0. The van der Waals surface area contributed by atoms with Crippen LogP contribution in [0, 0.1) is 11.8 Å². The quantitative estimate of drug-likeness (QED) is 0.622. The number of hydrogen-bond acceptors (Lipinski definition) is 3. The van der Waals surface area contributed by atoms with Crippen molar-refractivity contribution in [2.45, 2.75) is 32.1 Å². The Kier molecular flexibility index (Phi) is 7.36. The summed E-state index contributed by atoms with van der Waals surface area (Å²) in [5, 5.41) is 5.57. The number of rotatable bonds is 6. The highest BCUT2D eigenvalue weighted by Gasteiger charge is 2.21. The zero-order valence-electron chi connectivity index (χ0n) is 12.7. The van der Waals surface area contributed by atoms with E-state index in [1.54, 1.807) is 14.1 Å². The third-order valence-corrected chi connectivity index (χ3v) is 3.90. The predicted molar refractivity (Wildman–Crippen MR) is 79.2 cm³/mol. The Morgan fingerprint density at radius 3 is 2.15 bits per heavy atom. The summed E-state index contributed by atoms with van der Waals surface area (Å²) in [4.78, 5) is 24.5. The van der Waals surface area contributed by atoms with Crippen LogP contribution in [0.3, 0.4) is 0 Å². The summed E-state index contributed by atoms with van der Waals surface area (Å²) in [5.74, 6) is 1.23. The number of urea groups is 1. The molecule has 1 aliphatic rings. The fraction of sp³-hybridized carbons (Fsp3) is 0.857. The molecular formula is C14H28N4O2. The van der Waals surface area contributed by atoms with Crippen LogP contribution in [0.15, 0.2) is 0 Å². The average molecular weight is 284 g/mol. The molecule has 0 saturated heterocycles. The lowest BCUT2D eigenvalue weighted by molar-refractivity contribution is -0.122. The molecule has 6 heteroatoms. The second-order valence-corrected chi connectivity index (χ2v) is 5.80. The van der Waals surface area contributed by atoms with E-state index < -0.39 is 0 Å². The van der Waals surface area contributed by atoms with Gasteiger partial charge in [0.2, 0.25) is 5.91 Å². The molecule has 0 aliphatic heterocycles. The third-order valence-electron chi connectivity index (χ3n) is 3.90. The predicted octanol–water partition coefficient (Wildman–Crippen LogP) is 0.529. The maximum atomic E-state index is 11.8. The van der Waals surface area contributed by atoms with Crippen LogP contribution in [0.4, 0.5) is 4.79 Å². The molecule has 0 heterocycles. The maximum absolute atomic E-state index is 11.8. The zero-order chi connectivity index (χ0) is 15.0. The van der Waals surface area contributed by atoms with Crippen molar-refractivity contribution in [3.8, 4) is 0 Å². The van der Waals surface area contributed by atoms with Crippen molar-refractivity contribution in [2.24, 2.45) is 17.6 Å². The third kappa shape index (κ3) is 6.23. The van der Waals surface area contributed by atoms with E-state index in [0.717, 1.165) is 32.2 Å². The zero-order valence-corrected chi connectivity index (χ0v) is 12.7. The first-order valence-electron chi connectivity index (χ1n) is 7.44. The Hall–Kier alpha value is -1.30. The van der Waals surface area contributed by atoms with Crippen LogP contribution in [0.25, 0.3) is 0 Å². The lowest BCUT2D eigenvalue weighted by Crippen LogP contribution is -2.40. The van der Waals surface area contributed by atoms with Gasteiger partial charge in [-0.3, -0.25) is 4.79 Å². The number of amides is 3. The fourth-order valence-corrected chi connectivity index (χ4v) is 2.54. The fourth-order valence-electron chi connectivity index (χ4n) is 2.54. The van der Waals surface area contributed by atoms with E-state index in [1.807, 2.05) is 0 Å². The molecule has 4 N–H and O–H groups in total. The van der Waals surface area contributed by atoms with Crippen LogP contribution < -0.4 is 16.4 Å². The molecular weight excluding hydrogens is 256 g/mol. The van der Waals surface area contributed by atoms with Crippen molar-refractivity contribution in [1.29, 1.82) is 0 Å². The highest BCUT2D eigenvalue weighted by atomic mass is 16.2. The first kappa shape index (κ1) is 16.8. The van der Waals surface area contributed by atoms with Crippen molar-refractivity contribution in [1.82, 2.24) is 15.5 Å². The molecule has 3 amide bonds. The van der Waals surface area contributed by atoms with E-state index in [0.29, 0.717) is 31.3 Å². The molecule has 1 aliphatic carbocycles. The van der Waals surface area contributed by atoms with Crippen LogP contribution in [-0.4, -0.2) is 50.6 Å². The van der Waals surface area contributed by atoms with E-state index in [1.165, 1.54) is 4.90 Å². The van der Waals surface area contributed by atoms with Crippen LogP contribution in [0.5, 0.6) is 0 Å². The molecule has 0 aromatic heterocycles. The van der Waals surface area contributed by atoms with Gasteiger partial charge in [-0.2, -0.15) is 0 Å².